The van der Waals surface area contributed by atoms with Gasteiger partial charge in [0.05, 0.1) is 12.7 Å². The van der Waals surface area contributed by atoms with Crippen LogP contribution in [0.25, 0.3) is 10.4 Å². The number of carbonyl (C=O) groups excluding carboxylic acids is 1. The van der Waals surface area contributed by atoms with E-state index in [0.29, 0.717) is 0 Å². The maximum absolute atomic E-state index is 13.9. The Hall–Kier alpha value is -3.52. The molecule has 17 heteroatoms. The van der Waals surface area contributed by atoms with Crippen molar-refractivity contribution in [3.05, 3.63) is 63.3 Å². The number of hydrogen-bond acceptors (Lipinski definition) is 11. The Bertz CT molecular complexity index is 1420. The van der Waals surface area contributed by atoms with Crippen LogP contribution >= 0.6 is 7.75 Å². The highest BCUT2D eigenvalue weighted by Gasteiger charge is 2.55. The highest BCUT2D eigenvalue weighted by molar-refractivity contribution is 7.52. The van der Waals surface area contributed by atoms with E-state index < -0.39 is 61.8 Å². The van der Waals surface area contributed by atoms with Gasteiger partial charge in [-0.25, -0.2) is 13.8 Å². The smallest absolute Gasteiger partial charge is 0.459 e. The van der Waals surface area contributed by atoms with E-state index in [9.17, 15) is 29.2 Å². The van der Waals surface area contributed by atoms with Crippen molar-refractivity contribution in [3.63, 3.8) is 0 Å². The highest BCUT2D eigenvalue weighted by atomic mass is 31.2. The van der Waals surface area contributed by atoms with Crippen LogP contribution < -0.4 is 21.0 Å². The van der Waals surface area contributed by atoms with Gasteiger partial charge in [0.25, 0.3) is 0 Å². The van der Waals surface area contributed by atoms with Crippen molar-refractivity contribution in [2.75, 3.05) is 12.3 Å². The van der Waals surface area contributed by atoms with E-state index in [-0.39, 0.29) is 17.7 Å². The molecule has 1 aliphatic heterocycles. The van der Waals surface area contributed by atoms with Gasteiger partial charge in [0, 0.05) is 11.1 Å². The van der Waals surface area contributed by atoms with Crippen molar-refractivity contribution in [2.24, 2.45) is 5.11 Å². The number of azide groups is 1. The van der Waals surface area contributed by atoms with Crippen molar-refractivity contribution >= 4 is 19.5 Å². The molecule has 0 amide bonds. The van der Waals surface area contributed by atoms with Crippen LogP contribution in [0.15, 0.2) is 46.4 Å². The molecule has 0 bridgehead atoms. The number of aliphatic hydroxyl groups is 1. The van der Waals surface area contributed by atoms with Gasteiger partial charge in [0.2, 0.25) is 0 Å². The number of ether oxygens (including phenoxy) is 2. The summed E-state index contributed by atoms with van der Waals surface area (Å²) < 4.78 is 51.0. The van der Waals surface area contributed by atoms with Gasteiger partial charge in [-0.2, -0.15) is 10.1 Å². The number of halogens is 1. The summed E-state index contributed by atoms with van der Waals surface area (Å²) in [5.41, 5.74) is 12.2. The summed E-state index contributed by atoms with van der Waals surface area (Å²) in [4.78, 5) is 31.7. The first kappa shape index (κ1) is 31.4. The van der Waals surface area contributed by atoms with E-state index in [4.69, 9.17) is 24.3 Å². The molecule has 1 unspecified atom stereocenters. The molecule has 1 aromatic heterocycles. The van der Waals surface area contributed by atoms with Gasteiger partial charge in [-0.05, 0) is 75.4 Å². The fraction of sp³-hybridized carbons (Fsp3) is 0.560. The summed E-state index contributed by atoms with van der Waals surface area (Å²) in [6, 6.07) is 4.77. The normalized spacial score (nSPS) is 26.5. The van der Waals surface area contributed by atoms with Crippen molar-refractivity contribution < 1.29 is 37.4 Å². The first-order chi connectivity index (χ1) is 19.9. The molecule has 228 valence electrons. The topological polar surface area (TPSA) is 213 Å². The number of rotatable bonds is 11. The fourth-order valence-corrected chi connectivity index (χ4v) is 6.32. The molecule has 15 nitrogen and oxygen atoms in total. The standard InChI is InChI=1S/C25H33FN7O8P/c1-15(22(35)39-17-6-4-3-5-7-17)30-42(37,41-18-10-8-16(26)9-11-18)38-14-19-21(34)25(2,31-32-28)23(40-19)33-13-12-20(27)29-24(33)36/h8-13,15,17,19,21,23,34H,3-7,14H2,1-2H3,(H,30,37)(H2,27,29,36)/t15-,19+,21+,23+,25+,42?/m0/s1. The number of nitrogen functional groups attached to an aromatic ring is 1. The molecule has 2 fully saturated rings. The number of esters is 1. The van der Waals surface area contributed by atoms with Crippen LogP contribution in [-0.4, -0.2) is 57.1 Å². The molecule has 4 rings (SSSR count). The van der Waals surface area contributed by atoms with Crippen molar-refractivity contribution in [1.29, 1.82) is 0 Å². The summed E-state index contributed by atoms with van der Waals surface area (Å²) in [5.74, 6) is -1.32. The van der Waals surface area contributed by atoms with E-state index in [0.717, 1.165) is 48.8 Å². The second-order valence-corrected chi connectivity index (χ2v) is 12.0. The van der Waals surface area contributed by atoms with Crippen molar-refractivity contribution in [2.45, 2.75) is 82.1 Å². The summed E-state index contributed by atoms with van der Waals surface area (Å²) in [5, 5.41) is 17.3. The van der Waals surface area contributed by atoms with Crippen LogP contribution in [0.3, 0.4) is 0 Å². The van der Waals surface area contributed by atoms with Crippen molar-refractivity contribution in [3.8, 4) is 5.75 Å². The summed E-state index contributed by atoms with van der Waals surface area (Å²) in [6.07, 6.45) is 1.21. The molecular formula is C25H33FN7O8P. The Morgan fingerprint density at radius 3 is 2.69 bits per heavy atom. The Labute approximate surface area is 240 Å². The van der Waals surface area contributed by atoms with Gasteiger partial charge in [0.1, 0.15) is 41.2 Å². The number of benzene rings is 1. The minimum absolute atomic E-state index is 0.0377. The van der Waals surface area contributed by atoms with Gasteiger partial charge in [-0.15, -0.1) is 0 Å². The molecule has 42 heavy (non-hydrogen) atoms. The van der Waals surface area contributed by atoms with E-state index in [2.05, 4.69) is 20.1 Å². The Morgan fingerprint density at radius 2 is 2.05 bits per heavy atom. The van der Waals surface area contributed by atoms with E-state index in [1.807, 2.05) is 0 Å². The molecule has 2 aromatic rings. The van der Waals surface area contributed by atoms with Gasteiger partial charge in [-0.3, -0.25) is 13.9 Å². The zero-order valence-corrected chi connectivity index (χ0v) is 23.9. The van der Waals surface area contributed by atoms with Gasteiger partial charge >= 0.3 is 19.4 Å². The monoisotopic (exact) mass is 609 g/mol. The third kappa shape index (κ3) is 7.27. The van der Waals surface area contributed by atoms with E-state index >= 15 is 0 Å². The molecule has 0 spiro atoms. The van der Waals surface area contributed by atoms with E-state index in [1.165, 1.54) is 38.2 Å². The first-order valence-electron chi connectivity index (χ1n) is 13.4. The number of carbonyl (C=O) groups is 1. The summed E-state index contributed by atoms with van der Waals surface area (Å²) in [7, 11) is -4.43. The van der Waals surface area contributed by atoms with Gasteiger partial charge in [0.15, 0.2) is 6.23 Å². The Morgan fingerprint density at radius 1 is 1.36 bits per heavy atom. The fourth-order valence-electron chi connectivity index (χ4n) is 4.82. The van der Waals surface area contributed by atoms with E-state index in [1.54, 1.807) is 0 Å². The Kier molecular flexibility index (Phi) is 9.87. The lowest BCUT2D eigenvalue weighted by atomic mass is 9.93. The van der Waals surface area contributed by atoms with Crippen LogP contribution in [0, 0.1) is 5.82 Å². The number of hydrogen-bond donors (Lipinski definition) is 3. The van der Waals surface area contributed by atoms with Crippen molar-refractivity contribution in [1.82, 2.24) is 14.6 Å². The van der Waals surface area contributed by atoms with Gasteiger partial charge in [-0.1, -0.05) is 11.5 Å². The largest absolute Gasteiger partial charge is 0.461 e. The zero-order chi connectivity index (χ0) is 30.5. The van der Waals surface area contributed by atoms with Crippen LogP contribution in [0.1, 0.15) is 52.2 Å². The second-order valence-electron chi connectivity index (χ2n) is 10.3. The maximum Gasteiger partial charge on any atom is 0.459 e. The number of anilines is 1. The lowest BCUT2D eigenvalue weighted by Gasteiger charge is -2.28. The number of aliphatic hydroxyl groups excluding tert-OH is 1. The van der Waals surface area contributed by atoms with Crippen LogP contribution in [-0.2, 0) is 23.4 Å². The third-order valence-electron chi connectivity index (χ3n) is 7.11. The second kappa shape index (κ2) is 13.2. The SMILES string of the molecule is C[C@H](NP(=O)(OC[C@H]1O[C@@H](n2ccc(N)nc2=O)[C@](C)(N=[N+]=[N-])[C@@H]1O)Oc1ccc(F)cc1)C(=O)OC1CCCCC1. The lowest BCUT2D eigenvalue weighted by molar-refractivity contribution is -0.152. The zero-order valence-electron chi connectivity index (χ0n) is 23.0. The maximum atomic E-state index is 13.9. The minimum atomic E-state index is -4.43. The lowest BCUT2D eigenvalue weighted by Crippen LogP contribution is -2.45. The predicted octanol–water partition coefficient (Wildman–Crippen LogP) is 3.35. The molecule has 1 aliphatic carbocycles. The predicted molar refractivity (Wildman–Crippen MR) is 147 cm³/mol. The van der Waals surface area contributed by atoms with Gasteiger partial charge < -0.3 is 24.8 Å². The summed E-state index contributed by atoms with van der Waals surface area (Å²) in [6.45, 7) is 2.17. The average molecular weight is 610 g/mol. The third-order valence-corrected chi connectivity index (χ3v) is 8.75. The average Bonchev–Trinajstić information content (AvgIpc) is 3.19. The van der Waals surface area contributed by atoms with Crippen LogP contribution in [0.4, 0.5) is 10.2 Å². The van der Waals surface area contributed by atoms with Crippen LogP contribution in [0.5, 0.6) is 5.75 Å². The Balaban J connectivity index is 1.54. The number of nitrogens with two attached hydrogens (primary N) is 1. The molecule has 2 aliphatic rings. The molecule has 4 N–H and O–H groups in total. The summed E-state index contributed by atoms with van der Waals surface area (Å²) >= 11 is 0. The molecule has 1 saturated heterocycles. The highest BCUT2D eigenvalue weighted by Crippen LogP contribution is 2.47. The first-order valence-corrected chi connectivity index (χ1v) is 14.9. The molecule has 2 heterocycles. The molecular weight excluding hydrogens is 576 g/mol. The quantitative estimate of drug-likeness (QED) is 0.110. The number of nitrogens with one attached hydrogen (secondary N) is 1. The molecule has 1 saturated carbocycles. The number of aromatic nitrogens is 2. The minimum Gasteiger partial charge on any atom is -0.461 e. The molecule has 6 atom stereocenters. The van der Waals surface area contributed by atoms with Crippen LogP contribution in [0.2, 0.25) is 0 Å². The molecule has 1 aromatic carbocycles. The number of nitrogens with zero attached hydrogens (tertiary/aromatic N) is 5. The molecule has 0 radical (unpaired) electrons.